The van der Waals surface area contributed by atoms with Crippen LogP contribution in [0.5, 0.6) is 0 Å². The summed E-state index contributed by atoms with van der Waals surface area (Å²) in [6, 6.07) is 6.13. The van der Waals surface area contributed by atoms with Gasteiger partial charge in [-0.15, -0.1) is 0 Å². The van der Waals surface area contributed by atoms with E-state index in [4.69, 9.17) is 4.74 Å². The molecule has 1 aliphatic heterocycles. The minimum absolute atomic E-state index is 0.0128. The van der Waals surface area contributed by atoms with E-state index in [-0.39, 0.29) is 23.6 Å². The van der Waals surface area contributed by atoms with Gasteiger partial charge in [-0.2, -0.15) is 18.3 Å². The Morgan fingerprint density at radius 2 is 2.09 bits per heavy atom. The lowest BCUT2D eigenvalue weighted by molar-refractivity contribution is -0.299. The van der Waals surface area contributed by atoms with Crippen LogP contribution < -0.4 is 10.9 Å². The summed E-state index contributed by atoms with van der Waals surface area (Å²) in [6.45, 7) is 4.01. The van der Waals surface area contributed by atoms with Gasteiger partial charge >= 0.3 is 6.18 Å². The molecule has 7 nitrogen and oxygen atoms in total. The molecule has 10 heteroatoms. The van der Waals surface area contributed by atoms with Crippen LogP contribution in [0.4, 0.5) is 24.7 Å². The number of anilines is 2. The van der Waals surface area contributed by atoms with Gasteiger partial charge in [0.25, 0.3) is 5.56 Å². The first-order valence-corrected chi connectivity index (χ1v) is 10.9. The standard InChI is InChI=1S/C23H25F3N4O3/c1-21(2)11-13-10-14(5-6-16(13)22(21,32)23(24,25)26)28-19-18-17(7-8-27-20(18)31)30(29-19)15-4-3-9-33-12-15/h5-8,10,15,32H,3-4,9,11-12H2,1-2H3,(H,27,31)(H,28,29). The van der Waals surface area contributed by atoms with Crippen molar-refractivity contribution in [2.24, 2.45) is 5.41 Å². The largest absolute Gasteiger partial charge is 0.421 e. The second-order valence-electron chi connectivity index (χ2n) is 9.50. The van der Waals surface area contributed by atoms with E-state index in [2.05, 4.69) is 15.4 Å². The Labute approximate surface area is 187 Å². The van der Waals surface area contributed by atoms with E-state index in [1.54, 1.807) is 23.0 Å². The van der Waals surface area contributed by atoms with Gasteiger partial charge in [0.15, 0.2) is 11.4 Å². The Bertz CT molecular complexity index is 1270. The van der Waals surface area contributed by atoms with Gasteiger partial charge in [0.05, 0.1) is 18.2 Å². The fourth-order valence-electron chi connectivity index (χ4n) is 5.19. The number of aromatic amines is 1. The third-order valence-corrected chi connectivity index (χ3v) is 6.89. The van der Waals surface area contributed by atoms with Crippen molar-refractivity contribution in [3.63, 3.8) is 0 Å². The number of hydrogen-bond acceptors (Lipinski definition) is 5. The first kappa shape index (κ1) is 22.0. The first-order chi connectivity index (χ1) is 15.5. The molecular weight excluding hydrogens is 437 g/mol. The monoisotopic (exact) mass is 462 g/mol. The fourth-order valence-corrected chi connectivity index (χ4v) is 5.19. The molecule has 2 unspecified atom stereocenters. The smallest absolute Gasteiger partial charge is 0.379 e. The average Bonchev–Trinajstić information content (AvgIpc) is 3.22. The molecule has 33 heavy (non-hydrogen) atoms. The lowest BCUT2D eigenvalue weighted by atomic mass is 9.75. The number of pyridine rings is 1. The zero-order chi connectivity index (χ0) is 23.6. The number of fused-ring (bicyclic) bond motifs is 2. The molecule has 1 saturated heterocycles. The van der Waals surface area contributed by atoms with E-state index in [0.29, 0.717) is 41.2 Å². The summed E-state index contributed by atoms with van der Waals surface area (Å²) in [5, 5.41) is 18.8. The summed E-state index contributed by atoms with van der Waals surface area (Å²) >= 11 is 0. The maximum atomic E-state index is 13.8. The molecule has 1 aliphatic carbocycles. The number of aliphatic hydroxyl groups is 1. The topological polar surface area (TPSA) is 92.2 Å². The maximum Gasteiger partial charge on any atom is 0.421 e. The summed E-state index contributed by atoms with van der Waals surface area (Å²) in [4.78, 5) is 15.3. The molecule has 2 aliphatic rings. The highest BCUT2D eigenvalue weighted by molar-refractivity contribution is 5.91. The fraction of sp³-hybridized carbons (Fsp3) is 0.478. The zero-order valence-electron chi connectivity index (χ0n) is 18.3. The predicted octanol–water partition coefficient (Wildman–Crippen LogP) is 4.15. The highest BCUT2D eigenvalue weighted by atomic mass is 19.4. The van der Waals surface area contributed by atoms with Crippen LogP contribution in [-0.2, 0) is 16.8 Å². The Kier molecular flexibility index (Phi) is 4.88. The van der Waals surface area contributed by atoms with Gasteiger partial charge in [0.2, 0.25) is 0 Å². The van der Waals surface area contributed by atoms with Crippen LogP contribution in [0, 0.1) is 5.41 Å². The number of nitrogens with one attached hydrogen (secondary N) is 2. The van der Waals surface area contributed by atoms with E-state index >= 15 is 0 Å². The van der Waals surface area contributed by atoms with Gasteiger partial charge in [-0.05, 0) is 48.6 Å². The van der Waals surface area contributed by atoms with Crippen LogP contribution >= 0.6 is 0 Å². The minimum atomic E-state index is -4.80. The van der Waals surface area contributed by atoms with E-state index in [0.717, 1.165) is 12.8 Å². The molecule has 2 atom stereocenters. The zero-order valence-corrected chi connectivity index (χ0v) is 18.3. The lowest BCUT2D eigenvalue weighted by Gasteiger charge is -2.38. The van der Waals surface area contributed by atoms with E-state index in [1.165, 1.54) is 26.0 Å². The van der Waals surface area contributed by atoms with Crippen LogP contribution in [0.1, 0.15) is 43.9 Å². The van der Waals surface area contributed by atoms with Gasteiger partial charge < -0.3 is 20.1 Å². The molecule has 3 N–H and O–H groups in total. The summed E-state index contributed by atoms with van der Waals surface area (Å²) in [5.41, 5.74) is -3.25. The molecule has 0 amide bonds. The van der Waals surface area contributed by atoms with Crippen LogP contribution in [-0.4, -0.2) is 39.3 Å². The third-order valence-electron chi connectivity index (χ3n) is 6.89. The Morgan fingerprint density at radius 1 is 1.30 bits per heavy atom. The van der Waals surface area contributed by atoms with Gasteiger partial charge in [0.1, 0.15) is 5.39 Å². The van der Waals surface area contributed by atoms with Crippen LogP contribution in [0.15, 0.2) is 35.3 Å². The van der Waals surface area contributed by atoms with Crippen molar-refractivity contribution in [3.05, 3.63) is 51.9 Å². The number of halogens is 3. The molecular formula is C23H25F3N4O3. The van der Waals surface area contributed by atoms with Crippen molar-refractivity contribution in [3.8, 4) is 0 Å². The van der Waals surface area contributed by atoms with E-state index in [9.17, 15) is 23.1 Å². The van der Waals surface area contributed by atoms with E-state index < -0.39 is 17.2 Å². The molecule has 0 saturated carbocycles. The Hall–Kier alpha value is -2.85. The summed E-state index contributed by atoms with van der Waals surface area (Å²) < 4.78 is 48.9. The average molecular weight is 462 g/mol. The molecule has 0 radical (unpaired) electrons. The Balaban J connectivity index is 1.55. The van der Waals surface area contributed by atoms with Gasteiger partial charge in [-0.25, -0.2) is 0 Å². The number of H-pyrrole nitrogens is 1. The van der Waals surface area contributed by atoms with Crippen molar-refractivity contribution < 1.29 is 23.0 Å². The summed E-state index contributed by atoms with van der Waals surface area (Å²) in [6.07, 6.45) is -1.43. The number of benzene rings is 1. The van der Waals surface area contributed by atoms with Gasteiger partial charge in [0, 0.05) is 23.9 Å². The van der Waals surface area contributed by atoms with Crippen molar-refractivity contribution in [1.29, 1.82) is 0 Å². The van der Waals surface area contributed by atoms with Crippen LogP contribution in [0.2, 0.25) is 0 Å². The molecule has 0 spiro atoms. The van der Waals surface area contributed by atoms with Crippen LogP contribution in [0.25, 0.3) is 10.9 Å². The predicted molar refractivity (Wildman–Crippen MR) is 117 cm³/mol. The number of aromatic nitrogens is 3. The number of ether oxygens (including phenoxy) is 1. The number of alkyl halides is 3. The number of nitrogens with zero attached hydrogens (tertiary/aromatic N) is 2. The van der Waals surface area contributed by atoms with Crippen molar-refractivity contribution in [2.75, 3.05) is 18.5 Å². The molecule has 1 fully saturated rings. The SMILES string of the molecule is CC1(C)Cc2cc(Nc3nn(C4CCCOC4)c4cc[nH]c(=O)c34)ccc2C1(O)C(F)(F)F. The van der Waals surface area contributed by atoms with Crippen molar-refractivity contribution >= 4 is 22.4 Å². The highest BCUT2D eigenvalue weighted by Crippen LogP contribution is 2.58. The molecule has 3 heterocycles. The van der Waals surface area contributed by atoms with Gasteiger partial charge in [-0.3, -0.25) is 9.48 Å². The molecule has 0 bridgehead atoms. The maximum absolute atomic E-state index is 13.8. The van der Waals surface area contributed by atoms with Crippen molar-refractivity contribution in [2.45, 2.75) is 50.9 Å². The molecule has 3 aromatic rings. The third kappa shape index (κ3) is 3.26. The normalized spacial score (nSPS) is 24.7. The second kappa shape index (κ2) is 7.33. The Morgan fingerprint density at radius 3 is 2.79 bits per heavy atom. The van der Waals surface area contributed by atoms with Crippen LogP contribution in [0.3, 0.4) is 0 Å². The quantitative estimate of drug-likeness (QED) is 0.544. The molecule has 2 aromatic heterocycles. The lowest BCUT2D eigenvalue weighted by Crippen LogP contribution is -2.50. The van der Waals surface area contributed by atoms with Crippen molar-refractivity contribution in [1.82, 2.24) is 14.8 Å². The second-order valence-corrected chi connectivity index (χ2v) is 9.50. The van der Waals surface area contributed by atoms with Gasteiger partial charge in [-0.1, -0.05) is 19.9 Å². The van der Waals surface area contributed by atoms with E-state index in [1.807, 2.05) is 0 Å². The summed E-state index contributed by atoms with van der Waals surface area (Å²) in [7, 11) is 0. The minimum Gasteiger partial charge on any atom is -0.379 e. The molecule has 5 rings (SSSR count). The molecule has 176 valence electrons. The summed E-state index contributed by atoms with van der Waals surface area (Å²) in [5.74, 6) is 0.320. The first-order valence-electron chi connectivity index (χ1n) is 10.9. The number of rotatable bonds is 3. The number of hydrogen-bond donors (Lipinski definition) is 3. The highest BCUT2D eigenvalue weighted by Gasteiger charge is 2.66. The molecule has 1 aromatic carbocycles.